The molecule has 0 saturated carbocycles. The van der Waals surface area contributed by atoms with Gasteiger partial charge in [-0.05, 0) is 12.5 Å². The molecule has 25 heavy (non-hydrogen) atoms. The van der Waals surface area contributed by atoms with Crippen LogP contribution in [0, 0.1) is 10.8 Å². The van der Waals surface area contributed by atoms with E-state index in [2.05, 4.69) is 0 Å². The molecule has 0 saturated heterocycles. The van der Waals surface area contributed by atoms with Gasteiger partial charge in [-0.2, -0.15) is 65.9 Å². The normalized spacial score (nSPS) is 22.1. The molecule has 0 atom stereocenters. The van der Waals surface area contributed by atoms with Gasteiger partial charge in [0.1, 0.15) is 0 Å². The fourth-order valence-electron chi connectivity index (χ4n) is 3.18. The second-order valence-corrected chi connectivity index (χ2v) is 4.99. The minimum absolute atomic E-state index is 0.709. The summed E-state index contributed by atoms with van der Waals surface area (Å²) in [5.41, 5.74) is -21.2. The average molecular weight is 408 g/mol. The lowest BCUT2D eigenvalue weighted by Gasteiger charge is -2.60. The Labute approximate surface area is 127 Å². The average Bonchev–Trinajstić information content (AvgIpc) is 2.14. The van der Waals surface area contributed by atoms with Gasteiger partial charge < -0.3 is 0 Å². The molecule has 0 bridgehead atoms. The Balaban J connectivity index is 4.32. The maximum Gasteiger partial charge on any atom is 0.413 e. The van der Waals surface area contributed by atoms with Crippen LogP contribution in [0.5, 0.6) is 0 Å². The SMILES string of the molecule is CC1=C(C(F)(F)F)C(C(F)(F)F)(C(F)(F)F)C1(C(F)(F)F)C(F)(F)F. The summed E-state index contributed by atoms with van der Waals surface area (Å²) in [5, 5.41) is 0. The molecule has 0 spiro atoms. The van der Waals surface area contributed by atoms with Crippen LogP contribution in [0.2, 0.25) is 0 Å². The number of halogens is 15. The summed E-state index contributed by atoms with van der Waals surface area (Å²) in [6.07, 6.45) is -36.7. The third kappa shape index (κ3) is 2.25. The molecule has 0 radical (unpaired) electrons. The van der Waals surface area contributed by atoms with Gasteiger partial charge in [0.25, 0.3) is 0 Å². The summed E-state index contributed by atoms with van der Waals surface area (Å²) in [4.78, 5) is 0. The van der Waals surface area contributed by atoms with Gasteiger partial charge in [0.2, 0.25) is 10.8 Å². The van der Waals surface area contributed by atoms with Crippen molar-refractivity contribution in [1.29, 1.82) is 0 Å². The standard InChI is InChI=1S/C10H3F15/c1-2-3(6(11,12)13)5(9(20,21)22,10(23,24)25)4(2,7(14,15)16)8(17,18)19/h1H3. The van der Waals surface area contributed by atoms with E-state index in [9.17, 15) is 65.9 Å². The van der Waals surface area contributed by atoms with Gasteiger partial charge in [0, 0.05) is 0 Å². The molecule has 0 heterocycles. The quantitative estimate of drug-likeness (QED) is 0.336. The lowest BCUT2D eigenvalue weighted by Crippen LogP contribution is -2.78. The van der Waals surface area contributed by atoms with Crippen molar-refractivity contribution < 1.29 is 65.9 Å². The molecule has 0 N–H and O–H groups in total. The zero-order chi connectivity index (χ0) is 20.7. The van der Waals surface area contributed by atoms with Crippen LogP contribution in [0.4, 0.5) is 65.9 Å². The molecule has 1 aliphatic carbocycles. The van der Waals surface area contributed by atoms with Crippen LogP contribution in [-0.4, -0.2) is 30.9 Å². The van der Waals surface area contributed by atoms with Gasteiger partial charge in [0.15, 0.2) is 0 Å². The first kappa shape index (κ1) is 21.7. The summed E-state index contributed by atoms with van der Waals surface area (Å²) >= 11 is 0. The third-order valence-corrected chi connectivity index (χ3v) is 3.86. The summed E-state index contributed by atoms with van der Waals surface area (Å²) < 4.78 is 193. The maximum atomic E-state index is 12.9. The molecule has 0 nitrogen and oxygen atoms in total. The van der Waals surface area contributed by atoms with Crippen molar-refractivity contribution in [2.24, 2.45) is 10.8 Å². The molecule has 0 fully saturated rings. The first-order chi connectivity index (χ1) is 10.5. The Bertz CT molecular complexity index is 544. The molecule has 0 amide bonds. The minimum atomic E-state index is -7.61. The predicted molar refractivity (Wildman–Crippen MR) is 47.8 cm³/mol. The highest BCUT2D eigenvalue weighted by atomic mass is 19.4. The maximum absolute atomic E-state index is 12.9. The van der Waals surface area contributed by atoms with Crippen LogP contribution in [0.15, 0.2) is 11.1 Å². The molecule has 1 aliphatic rings. The molecular formula is C10H3F15. The number of allylic oxidation sites excluding steroid dienone is 2. The number of rotatable bonds is 0. The van der Waals surface area contributed by atoms with E-state index >= 15 is 0 Å². The van der Waals surface area contributed by atoms with Crippen molar-refractivity contribution >= 4 is 0 Å². The van der Waals surface area contributed by atoms with Gasteiger partial charge in [-0.1, -0.05) is 0 Å². The molecule has 0 aromatic carbocycles. The van der Waals surface area contributed by atoms with Crippen molar-refractivity contribution in [3.63, 3.8) is 0 Å². The summed E-state index contributed by atoms with van der Waals surface area (Å²) in [5.74, 6) is 0. The fourth-order valence-corrected chi connectivity index (χ4v) is 3.18. The smallest absolute Gasteiger partial charge is 0.170 e. The monoisotopic (exact) mass is 408 g/mol. The van der Waals surface area contributed by atoms with Crippen LogP contribution < -0.4 is 0 Å². The van der Waals surface area contributed by atoms with Crippen LogP contribution in [-0.2, 0) is 0 Å². The van der Waals surface area contributed by atoms with Crippen molar-refractivity contribution in [2.45, 2.75) is 37.8 Å². The predicted octanol–water partition coefficient (Wildman–Crippen LogP) is 6.10. The van der Waals surface area contributed by atoms with E-state index in [1.54, 1.807) is 0 Å². The molecule has 0 unspecified atom stereocenters. The highest BCUT2D eigenvalue weighted by Crippen LogP contribution is 2.83. The van der Waals surface area contributed by atoms with E-state index in [4.69, 9.17) is 0 Å². The minimum Gasteiger partial charge on any atom is -0.170 e. The Morgan fingerprint density at radius 2 is 0.720 bits per heavy atom. The topological polar surface area (TPSA) is 0 Å². The van der Waals surface area contributed by atoms with E-state index in [-0.39, 0.29) is 0 Å². The highest BCUT2D eigenvalue weighted by Gasteiger charge is 3.01. The zero-order valence-electron chi connectivity index (χ0n) is 11.2. The molecular weight excluding hydrogens is 405 g/mol. The van der Waals surface area contributed by atoms with Crippen LogP contribution in [0.25, 0.3) is 0 Å². The lowest BCUT2D eigenvalue weighted by atomic mass is 9.44. The van der Waals surface area contributed by atoms with Gasteiger partial charge in [0.05, 0.1) is 5.57 Å². The number of hydrogen-bond acceptors (Lipinski definition) is 0. The molecule has 0 aromatic rings. The van der Waals surface area contributed by atoms with E-state index < -0.39 is 59.8 Å². The second kappa shape index (κ2) is 4.90. The Kier molecular flexibility index (Phi) is 4.26. The molecule has 0 aliphatic heterocycles. The first-order valence-corrected chi connectivity index (χ1v) is 5.58. The van der Waals surface area contributed by atoms with Crippen LogP contribution in [0.3, 0.4) is 0 Å². The van der Waals surface area contributed by atoms with Crippen molar-refractivity contribution in [3.05, 3.63) is 11.1 Å². The largest absolute Gasteiger partial charge is 0.413 e. The summed E-state index contributed by atoms with van der Waals surface area (Å²) in [6, 6.07) is 0. The van der Waals surface area contributed by atoms with Gasteiger partial charge in [-0.15, -0.1) is 0 Å². The number of hydrogen-bond donors (Lipinski definition) is 0. The molecule has 148 valence electrons. The Hall–Kier alpha value is -1.31. The Morgan fingerprint density at radius 3 is 0.880 bits per heavy atom. The van der Waals surface area contributed by atoms with Gasteiger partial charge in [-0.3, -0.25) is 0 Å². The second-order valence-electron chi connectivity index (χ2n) is 4.99. The summed E-state index contributed by atoms with van der Waals surface area (Å²) in [6.45, 7) is -0.709. The highest BCUT2D eigenvalue weighted by molar-refractivity contribution is 5.52. The fraction of sp³-hybridized carbons (Fsp3) is 0.800. The lowest BCUT2D eigenvalue weighted by molar-refractivity contribution is -0.470. The summed E-state index contributed by atoms with van der Waals surface area (Å²) in [7, 11) is 0. The third-order valence-electron chi connectivity index (χ3n) is 3.86. The van der Waals surface area contributed by atoms with E-state index in [0.29, 0.717) is 0 Å². The molecule has 15 heteroatoms. The zero-order valence-corrected chi connectivity index (χ0v) is 11.2. The van der Waals surface area contributed by atoms with Crippen molar-refractivity contribution in [1.82, 2.24) is 0 Å². The molecule has 0 aromatic heterocycles. The van der Waals surface area contributed by atoms with Crippen molar-refractivity contribution in [3.8, 4) is 0 Å². The Morgan fingerprint density at radius 1 is 0.480 bits per heavy atom. The van der Waals surface area contributed by atoms with Crippen LogP contribution >= 0.6 is 0 Å². The first-order valence-electron chi connectivity index (χ1n) is 5.58. The van der Waals surface area contributed by atoms with Gasteiger partial charge >= 0.3 is 30.9 Å². The van der Waals surface area contributed by atoms with E-state index in [1.807, 2.05) is 0 Å². The van der Waals surface area contributed by atoms with Crippen molar-refractivity contribution in [2.75, 3.05) is 0 Å². The number of alkyl halides is 15. The van der Waals surface area contributed by atoms with E-state index in [1.165, 1.54) is 0 Å². The van der Waals surface area contributed by atoms with Crippen LogP contribution in [0.1, 0.15) is 6.92 Å². The van der Waals surface area contributed by atoms with Gasteiger partial charge in [-0.25, -0.2) is 0 Å². The van der Waals surface area contributed by atoms with E-state index in [0.717, 1.165) is 0 Å². The molecule has 1 rings (SSSR count).